The average molecular weight is 772 g/mol. The molecule has 10 nitrogen and oxygen atoms in total. The van der Waals surface area contributed by atoms with Crippen LogP contribution < -0.4 is 4.90 Å². The molecule has 0 unspecified atom stereocenters. The van der Waals surface area contributed by atoms with Gasteiger partial charge in [0.2, 0.25) is 10.0 Å². The Hall–Kier alpha value is -5.07. The van der Waals surface area contributed by atoms with Crippen molar-refractivity contribution in [2.24, 2.45) is 7.05 Å². The number of carbonyl (C=O) groups is 2. The van der Waals surface area contributed by atoms with Crippen LogP contribution in [-0.4, -0.2) is 91.4 Å². The van der Waals surface area contributed by atoms with Crippen molar-refractivity contribution in [3.63, 3.8) is 0 Å². The third-order valence-corrected chi connectivity index (χ3v) is 13.6. The highest BCUT2D eigenvalue weighted by molar-refractivity contribution is 7.88. The van der Waals surface area contributed by atoms with Gasteiger partial charge in [0.15, 0.2) is 0 Å². The summed E-state index contributed by atoms with van der Waals surface area (Å²) < 4.78 is 36.8. The van der Waals surface area contributed by atoms with E-state index in [9.17, 15) is 13.2 Å². The summed E-state index contributed by atoms with van der Waals surface area (Å²) in [6.07, 6.45) is 1.24. The van der Waals surface area contributed by atoms with E-state index in [0.717, 1.165) is 70.9 Å². The van der Waals surface area contributed by atoms with Gasteiger partial charge in [-0.3, -0.25) is 14.5 Å². The molecule has 11 heteroatoms. The van der Waals surface area contributed by atoms with Crippen molar-refractivity contribution in [1.29, 1.82) is 0 Å². The van der Waals surface area contributed by atoms with Crippen LogP contribution in [0.4, 0.5) is 5.69 Å². The zero-order chi connectivity index (χ0) is 39.0. The van der Waals surface area contributed by atoms with Gasteiger partial charge in [-0.15, -0.1) is 0 Å². The number of ether oxygens (including phenoxy) is 1. The van der Waals surface area contributed by atoms with Crippen LogP contribution in [-0.2, 0) is 53.5 Å². The van der Waals surface area contributed by atoms with Crippen LogP contribution in [0, 0.1) is 6.92 Å². The number of sulfonamides is 1. The third kappa shape index (κ3) is 7.56. The molecule has 0 bridgehead atoms. The predicted octanol–water partition coefficient (Wildman–Crippen LogP) is 6.06. The molecule has 1 saturated heterocycles. The Morgan fingerprint density at radius 1 is 0.786 bits per heavy atom. The number of amides is 2. The van der Waals surface area contributed by atoms with E-state index in [1.807, 2.05) is 102 Å². The molecule has 3 aliphatic heterocycles. The zero-order valence-electron chi connectivity index (χ0n) is 32.4. The standard InChI is InChI=1S/C45H49N5O5S/c1-32-40(44(51)47(3)38-16-8-5-9-17-38)27-43(46(32)2)41-25-35-18-19-49(56(53,54)31-33-12-6-4-7-13-33)28-37(35)26-42(41)45(52)50-29-36-15-11-10-14-34(36)24-39(50)30-48-20-22-55-23-21-48/h4-17,25-27,39H,18-24,28-31H2,1-3H3/t39-/m0/s1. The molecule has 1 fully saturated rings. The fraction of sp³-hybridized carbons (Fsp3) is 0.333. The van der Waals surface area contributed by atoms with Crippen LogP contribution in [0.5, 0.6) is 0 Å². The molecule has 4 aromatic carbocycles. The second kappa shape index (κ2) is 15.8. The first-order valence-corrected chi connectivity index (χ1v) is 21.0. The van der Waals surface area contributed by atoms with Crippen molar-refractivity contribution in [3.05, 3.63) is 148 Å². The molecule has 5 aromatic rings. The van der Waals surface area contributed by atoms with Crippen LogP contribution >= 0.6 is 0 Å². The van der Waals surface area contributed by atoms with Crippen LogP contribution in [0.2, 0.25) is 0 Å². The fourth-order valence-electron chi connectivity index (χ4n) is 8.43. The van der Waals surface area contributed by atoms with Gasteiger partial charge in [0, 0.05) is 87.6 Å². The summed E-state index contributed by atoms with van der Waals surface area (Å²) in [5.74, 6) is -0.327. The lowest BCUT2D eigenvalue weighted by atomic mass is 9.89. The molecule has 0 aliphatic carbocycles. The maximum absolute atomic E-state index is 15.4. The van der Waals surface area contributed by atoms with Gasteiger partial charge in [-0.05, 0) is 77.9 Å². The van der Waals surface area contributed by atoms with Crippen LogP contribution in [0.1, 0.15) is 54.2 Å². The SMILES string of the molecule is Cc1c(C(=O)N(C)c2ccccc2)cc(-c2cc3c(cc2C(=O)N2Cc4ccccc4C[C@H]2CN2CCOCC2)CN(S(=O)(=O)Cc2ccccc2)CC3)n1C. The third-order valence-electron chi connectivity index (χ3n) is 11.8. The number of hydrogen-bond acceptors (Lipinski definition) is 6. The van der Waals surface area contributed by atoms with E-state index in [1.54, 1.807) is 16.3 Å². The molecule has 4 heterocycles. The summed E-state index contributed by atoms with van der Waals surface area (Å²) >= 11 is 0. The topological polar surface area (TPSA) is 95.4 Å². The van der Waals surface area contributed by atoms with Crippen LogP contribution in [0.3, 0.4) is 0 Å². The van der Waals surface area contributed by atoms with Crippen molar-refractivity contribution in [2.75, 3.05) is 51.3 Å². The molecule has 1 atom stereocenters. The lowest BCUT2D eigenvalue weighted by molar-refractivity contribution is 0.0193. The smallest absolute Gasteiger partial charge is 0.259 e. The summed E-state index contributed by atoms with van der Waals surface area (Å²) in [6, 6.07) is 33.0. The van der Waals surface area contributed by atoms with Crippen LogP contribution in [0.25, 0.3) is 11.3 Å². The van der Waals surface area contributed by atoms with Gasteiger partial charge >= 0.3 is 0 Å². The monoisotopic (exact) mass is 771 g/mol. The minimum absolute atomic E-state index is 0.0751. The van der Waals surface area contributed by atoms with E-state index in [0.29, 0.717) is 43.9 Å². The summed E-state index contributed by atoms with van der Waals surface area (Å²) in [5, 5.41) is 0. The number of aromatic nitrogens is 1. The largest absolute Gasteiger partial charge is 0.379 e. The number of carbonyl (C=O) groups excluding carboxylic acids is 2. The predicted molar refractivity (Wildman–Crippen MR) is 219 cm³/mol. The molecule has 0 saturated carbocycles. The first kappa shape index (κ1) is 37.8. The lowest BCUT2D eigenvalue weighted by Gasteiger charge is -2.41. The van der Waals surface area contributed by atoms with E-state index in [2.05, 4.69) is 29.2 Å². The van der Waals surface area contributed by atoms with Crippen molar-refractivity contribution in [1.82, 2.24) is 18.7 Å². The van der Waals surface area contributed by atoms with Crippen LogP contribution in [0.15, 0.2) is 103 Å². The first-order chi connectivity index (χ1) is 27.1. The van der Waals surface area contributed by atoms with Gasteiger partial charge in [0.25, 0.3) is 11.8 Å². The number of para-hydroxylation sites is 1. The Labute approximate surface area is 330 Å². The fourth-order valence-corrected chi connectivity index (χ4v) is 9.94. The van der Waals surface area contributed by atoms with Gasteiger partial charge in [-0.1, -0.05) is 72.8 Å². The molecule has 56 heavy (non-hydrogen) atoms. The highest BCUT2D eigenvalue weighted by Gasteiger charge is 2.36. The highest BCUT2D eigenvalue weighted by atomic mass is 32.2. The molecular formula is C45H49N5O5S. The summed E-state index contributed by atoms with van der Waals surface area (Å²) in [4.78, 5) is 35.4. The number of fused-ring (bicyclic) bond motifs is 2. The van der Waals surface area contributed by atoms with E-state index < -0.39 is 10.0 Å². The van der Waals surface area contributed by atoms with Gasteiger partial charge in [0.1, 0.15) is 0 Å². The number of hydrogen-bond donors (Lipinski definition) is 0. The Morgan fingerprint density at radius 2 is 1.46 bits per heavy atom. The molecule has 1 aromatic heterocycles. The summed E-state index contributed by atoms with van der Waals surface area (Å²) in [5.41, 5.74) is 9.10. The first-order valence-electron chi connectivity index (χ1n) is 19.4. The number of rotatable bonds is 9. The van der Waals surface area contributed by atoms with Crippen molar-refractivity contribution >= 4 is 27.5 Å². The number of morpholine rings is 1. The Bertz CT molecular complexity index is 2360. The lowest BCUT2D eigenvalue weighted by Crippen LogP contribution is -2.52. The van der Waals surface area contributed by atoms with Gasteiger partial charge in [-0.2, -0.15) is 4.31 Å². The van der Waals surface area contributed by atoms with Crippen molar-refractivity contribution in [2.45, 2.75) is 44.6 Å². The molecule has 8 rings (SSSR count). The normalized spacial score (nSPS) is 17.6. The zero-order valence-corrected chi connectivity index (χ0v) is 33.2. The summed E-state index contributed by atoms with van der Waals surface area (Å²) in [6.45, 7) is 6.62. The minimum atomic E-state index is -3.63. The van der Waals surface area contributed by atoms with Crippen molar-refractivity contribution < 1.29 is 22.7 Å². The second-order valence-electron chi connectivity index (χ2n) is 15.3. The molecule has 2 amide bonds. The number of nitrogens with zero attached hydrogens (tertiary/aromatic N) is 5. The molecule has 0 N–H and O–H groups in total. The Balaban J connectivity index is 1.21. The highest BCUT2D eigenvalue weighted by Crippen LogP contribution is 2.36. The van der Waals surface area contributed by atoms with Gasteiger partial charge in [0.05, 0.1) is 24.5 Å². The van der Waals surface area contributed by atoms with Gasteiger partial charge in [-0.25, -0.2) is 8.42 Å². The molecule has 0 spiro atoms. The van der Waals surface area contributed by atoms with E-state index >= 15 is 4.79 Å². The Kier molecular flexibility index (Phi) is 10.7. The van der Waals surface area contributed by atoms with E-state index in [1.165, 1.54) is 5.56 Å². The molecular weight excluding hydrogens is 723 g/mol. The molecule has 3 aliphatic rings. The van der Waals surface area contributed by atoms with Crippen molar-refractivity contribution in [3.8, 4) is 11.3 Å². The Morgan fingerprint density at radius 3 is 2.20 bits per heavy atom. The maximum Gasteiger partial charge on any atom is 0.259 e. The molecule has 0 radical (unpaired) electrons. The number of anilines is 1. The molecule has 290 valence electrons. The number of benzene rings is 4. The van der Waals surface area contributed by atoms with Gasteiger partial charge < -0.3 is 19.1 Å². The maximum atomic E-state index is 15.4. The second-order valence-corrected chi connectivity index (χ2v) is 17.2. The average Bonchev–Trinajstić information content (AvgIpc) is 3.52. The van der Waals surface area contributed by atoms with E-state index in [-0.39, 0.29) is 30.2 Å². The van der Waals surface area contributed by atoms with E-state index in [4.69, 9.17) is 4.74 Å². The minimum Gasteiger partial charge on any atom is -0.379 e. The quantitative estimate of drug-likeness (QED) is 0.181. The summed E-state index contributed by atoms with van der Waals surface area (Å²) in [7, 11) is 0.0870.